The molecule has 1 saturated heterocycles. The summed E-state index contributed by atoms with van der Waals surface area (Å²) in [4.78, 5) is 2.53. The van der Waals surface area contributed by atoms with Crippen LogP contribution in [-0.4, -0.2) is 30.6 Å². The van der Waals surface area contributed by atoms with E-state index in [1.807, 2.05) is 13.0 Å². The monoisotopic (exact) mass is 262 g/mol. The van der Waals surface area contributed by atoms with E-state index >= 15 is 0 Å². The van der Waals surface area contributed by atoms with Gasteiger partial charge in [0.25, 0.3) is 0 Å². The second-order valence-electron chi connectivity index (χ2n) is 6.06. The van der Waals surface area contributed by atoms with Crippen molar-refractivity contribution in [3.8, 4) is 0 Å². The quantitative estimate of drug-likeness (QED) is 0.901. The van der Waals surface area contributed by atoms with Crippen LogP contribution in [0.2, 0.25) is 0 Å². The lowest BCUT2D eigenvalue weighted by Crippen LogP contribution is -2.39. The van der Waals surface area contributed by atoms with E-state index in [4.69, 9.17) is 0 Å². The van der Waals surface area contributed by atoms with Crippen molar-refractivity contribution in [3.63, 3.8) is 0 Å². The van der Waals surface area contributed by atoms with E-state index in [-0.39, 0.29) is 5.82 Å². The maximum absolute atomic E-state index is 13.1. The van der Waals surface area contributed by atoms with Gasteiger partial charge in [-0.3, -0.25) is 4.90 Å². The first kappa shape index (κ1) is 13.1. The van der Waals surface area contributed by atoms with Crippen LogP contribution in [0, 0.1) is 18.7 Å². The SMILES string of the molecule is Cc1cc(F)ccc1CN1CCCNC(C2CC2)C1. The fourth-order valence-corrected chi connectivity index (χ4v) is 3.06. The van der Waals surface area contributed by atoms with Crippen LogP contribution < -0.4 is 5.32 Å². The highest BCUT2D eigenvalue weighted by atomic mass is 19.1. The first-order valence-corrected chi connectivity index (χ1v) is 7.43. The molecule has 0 radical (unpaired) electrons. The molecule has 0 amide bonds. The minimum atomic E-state index is -0.130. The van der Waals surface area contributed by atoms with Gasteiger partial charge in [0.15, 0.2) is 0 Å². The largest absolute Gasteiger partial charge is 0.312 e. The lowest BCUT2D eigenvalue weighted by Gasteiger charge is -2.25. The Kier molecular flexibility index (Phi) is 3.85. The van der Waals surface area contributed by atoms with Gasteiger partial charge >= 0.3 is 0 Å². The number of nitrogens with zero attached hydrogens (tertiary/aromatic N) is 1. The minimum absolute atomic E-state index is 0.130. The standard InChI is InChI=1S/C16H23FN2/c1-12-9-15(17)6-5-14(12)10-19-8-2-7-18-16(11-19)13-3-4-13/h5-6,9,13,16,18H,2-4,7-8,10-11H2,1H3. The minimum Gasteiger partial charge on any atom is -0.312 e. The second-order valence-corrected chi connectivity index (χ2v) is 6.06. The second kappa shape index (κ2) is 5.59. The summed E-state index contributed by atoms with van der Waals surface area (Å²) in [5.41, 5.74) is 2.33. The van der Waals surface area contributed by atoms with Crippen molar-refractivity contribution >= 4 is 0 Å². The van der Waals surface area contributed by atoms with Crippen LogP contribution in [0.3, 0.4) is 0 Å². The molecule has 1 aromatic carbocycles. The fraction of sp³-hybridized carbons (Fsp3) is 0.625. The Labute approximate surface area is 115 Å². The predicted molar refractivity (Wildman–Crippen MR) is 75.5 cm³/mol. The van der Waals surface area contributed by atoms with Gasteiger partial charge in [-0.1, -0.05) is 6.07 Å². The highest BCUT2D eigenvalue weighted by Gasteiger charge is 2.33. The van der Waals surface area contributed by atoms with Gasteiger partial charge in [0.2, 0.25) is 0 Å². The summed E-state index contributed by atoms with van der Waals surface area (Å²) in [5, 5.41) is 3.68. The van der Waals surface area contributed by atoms with Crippen molar-refractivity contribution in [2.45, 2.75) is 38.8 Å². The molecule has 1 aliphatic carbocycles. The molecule has 3 heteroatoms. The van der Waals surface area contributed by atoms with Gasteiger partial charge in [0.1, 0.15) is 5.82 Å². The van der Waals surface area contributed by atoms with Gasteiger partial charge < -0.3 is 5.32 Å². The summed E-state index contributed by atoms with van der Waals surface area (Å²) in [5.74, 6) is 0.768. The molecule has 0 aromatic heterocycles. The zero-order valence-electron chi connectivity index (χ0n) is 11.7. The van der Waals surface area contributed by atoms with Gasteiger partial charge in [0, 0.05) is 19.1 Å². The third-order valence-electron chi connectivity index (χ3n) is 4.40. The maximum atomic E-state index is 13.1. The van der Waals surface area contributed by atoms with Crippen LogP contribution >= 0.6 is 0 Å². The Balaban J connectivity index is 1.66. The van der Waals surface area contributed by atoms with E-state index in [1.54, 1.807) is 12.1 Å². The molecule has 19 heavy (non-hydrogen) atoms. The summed E-state index contributed by atoms with van der Waals surface area (Å²) in [6.45, 7) is 6.39. The smallest absolute Gasteiger partial charge is 0.123 e. The highest BCUT2D eigenvalue weighted by Crippen LogP contribution is 2.33. The topological polar surface area (TPSA) is 15.3 Å². The van der Waals surface area contributed by atoms with Crippen molar-refractivity contribution in [2.75, 3.05) is 19.6 Å². The number of benzene rings is 1. The number of halogens is 1. The molecule has 1 saturated carbocycles. The molecular formula is C16H23FN2. The molecule has 1 N–H and O–H groups in total. The van der Waals surface area contributed by atoms with Gasteiger partial charge in [0.05, 0.1) is 0 Å². The molecular weight excluding hydrogens is 239 g/mol. The van der Waals surface area contributed by atoms with Gasteiger partial charge in [-0.2, -0.15) is 0 Å². The summed E-state index contributed by atoms with van der Waals surface area (Å²) in [6, 6.07) is 5.83. The molecule has 3 rings (SSSR count). The molecule has 2 nitrogen and oxygen atoms in total. The van der Waals surface area contributed by atoms with Gasteiger partial charge in [-0.05, 0) is 68.5 Å². The maximum Gasteiger partial charge on any atom is 0.123 e. The lowest BCUT2D eigenvalue weighted by molar-refractivity contribution is 0.250. The Morgan fingerprint density at radius 2 is 2.21 bits per heavy atom. The van der Waals surface area contributed by atoms with Crippen LogP contribution in [0.25, 0.3) is 0 Å². The first-order valence-electron chi connectivity index (χ1n) is 7.43. The van der Waals surface area contributed by atoms with Crippen LogP contribution in [0.5, 0.6) is 0 Å². The summed E-state index contributed by atoms with van der Waals surface area (Å²) >= 11 is 0. The molecule has 1 heterocycles. The van der Waals surface area contributed by atoms with Crippen molar-refractivity contribution in [2.24, 2.45) is 5.92 Å². The molecule has 0 spiro atoms. The van der Waals surface area contributed by atoms with E-state index in [1.165, 1.54) is 24.8 Å². The number of hydrogen-bond donors (Lipinski definition) is 1. The average Bonchev–Trinajstić information content (AvgIpc) is 3.19. The Morgan fingerprint density at radius 3 is 2.95 bits per heavy atom. The molecule has 1 unspecified atom stereocenters. The third-order valence-corrected chi connectivity index (χ3v) is 4.40. The van der Waals surface area contributed by atoms with E-state index in [0.29, 0.717) is 6.04 Å². The highest BCUT2D eigenvalue weighted by molar-refractivity contribution is 5.26. The summed E-state index contributed by atoms with van der Waals surface area (Å²) < 4.78 is 13.1. The molecule has 104 valence electrons. The predicted octanol–water partition coefficient (Wildman–Crippen LogP) is 2.71. The summed E-state index contributed by atoms with van der Waals surface area (Å²) in [6.07, 6.45) is 3.99. The molecule has 1 atom stereocenters. The molecule has 0 bridgehead atoms. The van der Waals surface area contributed by atoms with Crippen molar-refractivity contribution in [1.29, 1.82) is 0 Å². The number of aryl methyl sites for hydroxylation is 1. The summed E-state index contributed by atoms with van der Waals surface area (Å²) in [7, 11) is 0. The molecule has 2 fully saturated rings. The van der Waals surface area contributed by atoms with Crippen LogP contribution in [0.1, 0.15) is 30.4 Å². The third kappa shape index (κ3) is 3.34. The van der Waals surface area contributed by atoms with E-state index in [9.17, 15) is 4.39 Å². The van der Waals surface area contributed by atoms with Crippen molar-refractivity contribution < 1.29 is 4.39 Å². The van der Waals surface area contributed by atoms with Crippen molar-refractivity contribution in [1.82, 2.24) is 10.2 Å². The van der Waals surface area contributed by atoms with Crippen LogP contribution in [-0.2, 0) is 6.54 Å². The Hall–Kier alpha value is -0.930. The molecule has 1 aromatic rings. The van der Waals surface area contributed by atoms with E-state index in [2.05, 4.69) is 10.2 Å². The van der Waals surface area contributed by atoms with Gasteiger partial charge in [-0.25, -0.2) is 4.39 Å². The first-order chi connectivity index (χ1) is 9.22. The van der Waals surface area contributed by atoms with Crippen molar-refractivity contribution in [3.05, 3.63) is 35.1 Å². The van der Waals surface area contributed by atoms with Gasteiger partial charge in [-0.15, -0.1) is 0 Å². The van der Waals surface area contributed by atoms with E-state index < -0.39 is 0 Å². The van der Waals surface area contributed by atoms with Crippen LogP contribution in [0.15, 0.2) is 18.2 Å². The molecule has 1 aliphatic heterocycles. The van der Waals surface area contributed by atoms with E-state index in [0.717, 1.165) is 37.7 Å². The van der Waals surface area contributed by atoms with Crippen LogP contribution in [0.4, 0.5) is 4.39 Å². The average molecular weight is 262 g/mol. The zero-order valence-corrected chi connectivity index (χ0v) is 11.7. The number of rotatable bonds is 3. The zero-order chi connectivity index (χ0) is 13.2. The number of nitrogens with one attached hydrogen (secondary N) is 1. The lowest BCUT2D eigenvalue weighted by atomic mass is 10.1. The number of hydrogen-bond acceptors (Lipinski definition) is 2. The molecule has 2 aliphatic rings. The normalized spacial score (nSPS) is 25.3. The Bertz CT molecular complexity index is 442. The fourth-order valence-electron chi connectivity index (χ4n) is 3.06. The Morgan fingerprint density at radius 1 is 1.37 bits per heavy atom.